The van der Waals surface area contributed by atoms with Crippen molar-refractivity contribution in [2.75, 3.05) is 31.6 Å². The van der Waals surface area contributed by atoms with E-state index in [0.29, 0.717) is 25.4 Å². The van der Waals surface area contributed by atoms with Gasteiger partial charge in [-0.15, -0.1) is 0 Å². The van der Waals surface area contributed by atoms with Crippen molar-refractivity contribution < 1.29 is 32.6 Å². The van der Waals surface area contributed by atoms with Crippen LogP contribution in [0.25, 0.3) is 0 Å². The normalized spacial score (nSPS) is 17.8. The number of carbonyl (C=O) groups is 2. The molecular weight excluding hydrogens is 403 g/mol. The van der Waals surface area contributed by atoms with Crippen LogP contribution in [0.5, 0.6) is 0 Å². The van der Waals surface area contributed by atoms with Crippen LogP contribution >= 0.6 is 0 Å². The number of benzene rings is 1. The van der Waals surface area contributed by atoms with Crippen molar-refractivity contribution in [1.29, 1.82) is 0 Å². The number of alkyl halides is 3. The van der Waals surface area contributed by atoms with Gasteiger partial charge in [0, 0.05) is 37.1 Å². The zero-order valence-corrected chi connectivity index (χ0v) is 16.0. The monoisotopic (exact) mass is 425 g/mol. The highest BCUT2D eigenvalue weighted by molar-refractivity contribution is 5.92. The number of anilines is 1. The number of amides is 1. The van der Waals surface area contributed by atoms with Gasteiger partial charge in [-0.2, -0.15) is 13.2 Å². The second-order valence-corrected chi connectivity index (χ2v) is 6.99. The van der Waals surface area contributed by atoms with Crippen molar-refractivity contribution >= 4 is 17.6 Å². The summed E-state index contributed by atoms with van der Waals surface area (Å²) in [6.07, 6.45) is -1.63. The maximum Gasteiger partial charge on any atom is 0.490 e. The van der Waals surface area contributed by atoms with Gasteiger partial charge in [0.1, 0.15) is 5.69 Å². The lowest BCUT2D eigenvalue weighted by atomic mass is 9.83. The van der Waals surface area contributed by atoms with E-state index < -0.39 is 12.1 Å². The van der Waals surface area contributed by atoms with Crippen LogP contribution in [0, 0.1) is 0 Å². The fourth-order valence-corrected chi connectivity index (χ4v) is 3.66. The second-order valence-electron chi connectivity index (χ2n) is 6.99. The van der Waals surface area contributed by atoms with Gasteiger partial charge in [-0.3, -0.25) is 4.79 Å². The number of nitrogens with one attached hydrogen (secondary N) is 2. The number of nitrogens with zero attached hydrogens (tertiary/aromatic N) is 1. The Bertz CT molecular complexity index is 876. The summed E-state index contributed by atoms with van der Waals surface area (Å²) in [6.45, 7) is 2.95. The van der Waals surface area contributed by atoms with Crippen LogP contribution in [0.15, 0.2) is 42.6 Å². The fraction of sp³-hybridized carbons (Fsp3) is 0.400. The van der Waals surface area contributed by atoms with Crippen LogP contribution in [-0.2, 0) is 15.1 Å². The Morgan fingerprint density at radius 3 is 2.37 bits per heavy atom. The van der Waals surface area contributed by atoms with Crippen LogP contribution in [0.4, 0.5) is 18.9 Å². The number of piperidine rings is 1. The number of hydrogen-bond donors (Lipinski definition) is 3. The molecule has 7 nitrogen and oxygen atoms in total. The topological polar surface area (TPSA) is 94.7 Å². The van der Waals surface area contributed by atoms with Gasteiger partial charge in [-0.05, 0) is 31.0 Å². The molecule has 1 saturated heterocycles. The Hall–Kier alpha value is -3.01. The van der Waals surface area contributed by atoms with E-state index in [1.165, 1.54) is 5.56 Å². The van der Waals surface area contributed by atoms with Gasteiger partial charge in [0.15, 0.2) is 0 Å². The zero-order valence-electron chi connectivity index (χ0n) is 16.0. The molecule has 1 fully saturated rings. The third kappa shape index (κ3) is 4.76. The first-order chi connectivity index (χ1) is 14.2. The summed E-state index contributed by atoms with van der Waals surface area (Å²) in [5.41, 5.74) is 2.77. The largest absolute Gasteiger partial charge is 0.490 e. The number of aromatic nitrogens is 1. The molecule has 0 bridgehead atoms. The Morgan fingerprint density at radius 1 is 1.10 bits per heavy atom. The molecule has 0 unspecified atom stereocenters. The standard InChI is InChI=1S/C18H21N3O2.C2HF3O2/c22-17(16-6-3-9-19-16)21-11-7-18(8-12-21)14-4-1-2-5-15(14)20-10-13-23-18;3-2(4,5)1(6)7/h1-6,9,19-20H,7-8,10-13H2;(H,6,7). The molecule has 4 rings (SSSR count). The van der Waals surface area contributed by atoms with E-state index in [4.69, 9.17) is 14.6 Å². The molecule has 162 valence electrons. The molecule has 2 aliphatic rings. The van der Waals surface area contributed by atoms with E-state index in [-0.39, 0.29) is 11.5 Å². The fourth-order valence-electron chi connectivity index (χ4n) is 3.66. The Balaban J connectivity index is 0.000000318. The first kappa shape index (κ1) is 21.7. The van der Waals surface area contributed by atoms with Gasteiger partial charge in [0.05, 0.1) is 12.2 Å². The third-order valence-corrected chi connectivity index (χ3v) is 5.14. The molecule has 1 aromatic heterocycles. The van der Waals surface area contributed by atoms with E-state index >= 15 is 0 Å². The molecule has 2 aliphatic heterocycles. The summed E-state index contributed by atoms with van der Waals surface area (Å²) in [5, 5.41) is 10.6. The first-order valence-electron chi connectivity index (χ1n) is 9.43. The van der Waals surface area contributed by atoms with Crippen LogP contribution in [-0.4, -0.2) is 59.3 Å². The maximum absolute atomic E-state index is 12.5. The Labute approximate surface area is 170 Å². The van der Waals surface area contributed by atoms with E-state index in [0.717, 1.165) is 25.1 Å². The molecule has 0 saturated carbocycles. The van der Waals surface area contributed by atoms with Crippen LogP contribution in [0.3, 0.4) is 0 Å². The molecule has 3 N–H and O–H groups in total. The van der Waals surface area contributed by atoms with Crippen molar-refractivity contribution in [2.45, 2.75) is 24.6 Å². The average Bonchev–Trinajstić information content (AvgIpc) is 3.20. The van der Waals surface area contributed by atoms with Crippen molar-refractivity contribution in [3.63, 3.8) is 0 Å². The molecule has 30 heavy (non-hydrogen) atoms. The summed E-state index contributed by atoms with van der Waals surface area (Å²) in [7, 11) is 0. The number of para-hydroxylation sites is 1. The lowest BCUT2D eigenvalue weighted by Crippen LogP contribution is -2.46. The smallest absolute Gasteiger partial charge is 0.475 e. The van der Waals surface area contributed by atoms with Crippen LogP contribution in [0.2, 0.25) is 0 Å². The number of carbonyl (C=O) groups excluding carboxylic acids is 1. The number of fused-ring (bicyclic) bond motifs is 2. The lowest BCUT2D eigenvalue weighted by molar-refractivity contribution is -0.192. The zero-order chi connectivity index (χ0) is 21.8. The van der Waals surface area contributed by atoms with Gasteiger partial charge in [0.2, 0.25) is 0 Å². The molecule has 2 aromatic rings. The quantitative estimate of drug-likeness (QED) is 0.652. The highest BCUT2D eigenvalue weighted by Crippen LogP contribution is 2.41. The van der Waals surface area contributed by atoms with Crippen molar-refractivity contribution in [3.8, 4) is 0 Å². The van der Waals surface area contributed by atoms with E-state index in [2.05, 4.69) is 34.6 Å². The van der Waals surface area contributed by atoms with Gasteiger partial charge in [-0.25, -0.2) is 4.79 Å². The highest BCUT2D eigenvalue weighted by Gasteiger charge is 2.41. The highest BCUT2D eigenvalue weighted by atomic mass is 19.4. The molecule has 0 aliphatic carbocycles. The number of carboxylic acids is 1. The molecule has 1 amide bonds. The summed E-state index contributed by atoms with van der Waals surface area (Å²) in [6, 6.07) is 12.1. The van der Waals surface area contributed by atoms with E-state index in [1.807, 2.05) is 17.0 Å². The van der Waals surface area contributed by atoms with Crippen molar-refractivity contribution in [2.24, 2.45) is 0 Å². The molecule has 10 heteroatoms. The number of rotatable bonds is 1. The van der Waals surface area contributed by atoms with Gasteiger partial charge in [-0.1, -0.05) is 18.2 Å². The third-order valence-electron chi connectivity index (χ3n) is 5.14. The minimum absolute atomic E-state index is 0.0740. The van der Waals surface area contributed by atoms with E-state index in [1.54, 1.807) is 6.20 Å². The SMILES string of the molecule is O=C(O)C(F)(F)F.O=C(c1ccc[nH]1)N1CCC2(CC1)OCCNc1ccccc12. The summed E-state index contributed by atoms with van der Waals surface area (Å²) in [5.74, 6) is -2.68. The number of H-pyrrole nitrogens is 1. The van der Waals surface area contributed by atoms with E-state index in [9.17, 15) is 18.0 Å². The molecule has 3 heterocycles. The maximum atomic E-state index is 12.5. The molecule has 0 atom stereocenters. The van der Waals surface area contributed by atoms with Crippen LogP contribution in [0.1, 0.15) is 28.9 Å². The minimum Gasteiger partial charge on any atom is -0.475 e. The summed E-state index contributed by atoms with van der Waals surface area (Å²) in [4.78, 5) is 26.3. The Kier molecular flexibility index (Phi) is 6.35. The molecule has 1 aromatic carbocycles. The average molecular weight is 425 g/mol. The van der Waals surface area contributed by atoms with Gasteiger partial charge in [0.25, 0.3) is 5.91 Å². The molecular formula is C20H22F3N3O4. The number of carboxylic acid groups (broad SMARTS) is 1. The number of ether oxygens (including phenoxy) is 1. The van der Waals surface area contributed by atoms with Crippen molar-refractivity contribution in [3.05, 3.63) is 53.9 Å². The lowest BCUT2D eigenvalue weighted by Gasteiger charge is -2.41. The van der Waals surface area contributed by atoms with Gasteiger partial charge >= 0.3 is 12.1 Å². The minimum atomic E-state index is -5.08. The number of hydrogen-bond acceptors (Lipinski definition) is 4. The summed E-state index contributed by atoms with van der Waals surface area (Å²) < 4.78 is 38.0. The Morgan fingerprint density at radius 2 is 1.77 bits per heavy atom. The van der Waals surface area contributed by atoms with Crippen LogP contribution < -0.4 is 5.32 Å². The number of likely N-dealkylation sites (tertiary alicyclic amines) is 1. The first-order valence-corrected chi connectivity index (χ1v) is 9.43. The summed E-state index contributed by atoms with van der Waals surface area (Å²) >= 11 is 0. The van der Waals surface area contributed by atoms with Gasteiger partial charge < -0.3 is 25.0 Å². The number of aliphatic carboxylic acids is 1. The predicted octanol–water partition coefficient (Wildman–Crippen LogP) is 3.22. The number of aromatic amines is 1. The molecule has 0 radical (unpaired) electrons. The predicted molar refractivity (Wildman–Crippen MR) is 102 cm³/mol. The van der Waals surface area contributed by atoms with Crippen molar-refractivity contribution in [1.82, 2.24) is 9.88 Å². The molecule has 1 spiro atoms. The number of halogens is 3. The second kappa shape index (κ2) is 8.78.